The van der Waals surface area contributed by atoms with Crippen LogP contribution >= 0.6 is 0 Å². The lowest BCUT2D eigenvalue weighted by atomic mass is 9.86. The molecule has 1 aliphatic heterocycles. The predicted octanol–water partition coefficient (Wildman–Crippen LogP) is 4.56. The van der Waals surface area contributed by atoms with E-state index in [0.717, 1.165) is 56.3 Å². The standard InChI is InChI=1S/C28H34N2O3/c1-19-6-10-22(11-7-19)27-25-16-24(33-18-26(31)29-17-20-8-9-20)13-12-21(25)14-15-30(27)28(32)23-4-2-3-5-23/h6-7,10-13,16,20,23,27H,2-5,8-9,14-15,17-18H2,1H3,(H,29,31)/t27-/m1/s1. The van der Waals surface area contributed by atoms with Gasteiger partial charge in [-0.2, -0.15) is 0 Å². The number of carbonyl (C=O) groups excluding carboxylic acids is 2. The first-order valence-corrected chi connectivity index (χ1v) is 12.5. The van der Waals surface area contributed by atoms with Crippen LogP contribution in [0.1, 0.15) is 66.8 Å². The molecule has 2 saturated carbocycles. The highest BCUT2D eigenvalue weighted by atomic mass is 16.5. The maximum atomic E-state index is 13.5. The molecule has 33 heavy (non-hydrogen) atoms. The Balaban J connectivity index is 1.39. The van der Waals surface area contributed by atoms with Gasteiger partial charge < -0.3 is 15.0 Å². The van der Waals surface area contributed by atoms with Gasteiger partial charge in [-0.25, -0.2) is 0 Å². The highest BCUT2D eigenvalue weighted by Crippen LogP contribution is 2.39. The topological polar surface area (TPSA) is 58.6 Å². The molecule has 5 nitrogen and oxygen atoms in total. The summed E-state index contributed by atoms with van der Waals surface area (Å²) in [7, 11) is 0. The summed E-state index contributed by atoms with van der Waals surface area (Å²) in [5, 5.41) is 2.95. The molecule has 2 fully saturated rings. The van der Waals surface area contributed by atoms with E-state index in [-0.39, 0.29) is 30.4 Å². The molecule has 0 radical (unpaired) electrons. The van der Waals surface area contributed by atoms with Gasteiger partial charge in [-0.05, 0) is 73.8 Å². The number of benzene rings is 2. The lowest BCUT2D eigenvalue weighted by molar-refractivity contribution is -0.137. The molecule has 0 aromatic heterocycles. The summed E-state index contributed by atoms with van der Waals surface area (Å²) in [6, 6.07) is 14.5. The van der Waals surface area contributed by atoms with E-state index in [1.807, 2.05) is 12.1 Å². The molecule has 174 valence electrons. The van der Waals surface area contributed by atoms with Crippen molar-refractivity contribution in [1.29, 1.82) is 0 Å². The van der Waals surface area contributed by atoms with Gasteiger partial charge in [-0.3, -0.25) is 9.59 Å². The van der Waals surface area contributed by atoms with E-state index in [0.29, 0.717) is 11.7 Å². The van der Waals surface area contributed by atoms with Gasteiger partial charge in [-0.1, -0.05) is 48.7 Å². The zero-order valence-electron chi connectivity index (χ0n) is 19.5. The van der Waals surface area contributed by atoms with Crippen molar-refractivity contribution < 1.29 is 14.3 Å². The maximum Gasteiger partial charge on any atom is 0.257 e. The second kappa shape index (κ2) is 9.58. The van der Waals surface area contributed by atoms with E-state index in [4.69, 9.17) is 4.74 Å². The minimum absolute atomic E-state index is 0.0193. The molecule has 2 aliphatic carbocycles. The number of nitrogens with one attached hydrogen (secondary N) is 1. The molecular weight excluding hydrogens is 412 g/mol. The van der Waals surface area contributed by atoms with Crippen LogP contribution < -0.4 is 10.1 Å². The molecule has 1 atom stereocenters. The van der Waals surface area contributed by atoms with Crippen LogP contribution in [0.5, 0.6) is 5.75 Å². The normalized spacial score (nSPS) is 20.4. The first kappa shape index (κ1) is 22.0. The fourth-order valence-corrected chi connectivity index (χ4v) is 5.22. The Labute approximate surface area is 196 Å². The van der Waals surface area contributed by atoms with E-state index in [1.54, 1.807) is 0 Å². The van der Waals surface area contributed by atoms with Crippen molar-refractivity contribution in [2.45, 2.75) is 57.9 Å². The number of rotatable bonds is 7. The third kappa shape index (κ3) is 5.07. The van der Waals surface area contributed by atoms with E-state index in [9.17, 15) is 9.59 Å². The molecule has 2 aromatic carbocycles. The number of hydrogen-bond donors (Lipinski definition) is 1. The Morgan fingerprint density at radius 2 is 1.79 bits per heavy atom. The van der Waals surface area contributed by atoms with Crippen molar-refractivity contribution >= 4 is 11.8 Å². The third-order valence-corrected chi connectivity index (χ3v) is 7.38. The number of carbonyl (C=O) groups is 2. The lowest BCUT2D eigenvalue weighted by Gasteiger charge is -2.39. The van der Waals surface area contributed by atoms with Crippen LogP contribution in [0, 0.1) is 18.8 Å². The molecule has 5 rings (SSSR count). The largest absolute Gasteiger partial charge is 0.484 e. The van der Waals surface area contributed by atoms with Gasteiger partial charge >= 0.3 is 0 Å². The summed E-state index contributed by atoms with van der Waals surface area (Å²) in [5.74, 6) is 1.69. The summed E-state index contributed by atoms with van der Waals surface area (Å²) < 4.78 is 5.87. The highest BCUT2D eigenvalue weighted by Gasteiger charge is 2.36. The highest BCUT2D eigenvalue weighted by molar-refractivity contribution is 5.80. The minimum Gasteiger partial charge on any atom is -0.484 e. The van der Waals surface area contributed by atoms with Gasteiger partial charge in [0, 0.05) is 19.0 Å². The van der Waals surface area contributed by atoms with Gasteiger partial charge in [0.15, 0.2) is 6.61 Å². The summed E-state index contributed by atoms with van der Waals surface area (Å²) in [4.78, 5) is 27.8. The molecular formula is C28H34N2O3. The van der Waals surface area contributed by atoms with E-state index < -0.39 is 0 Å². The first-order valence-electron chi connectivity index (χ1n) is 12.5. The first-order chi connectivity index (χ1) is 16.1. The second-order valence-corrected chi connectivity index (χ2v) is 9.97. The lowest BCUT2D eigenvalue weighted by Crippen LogP contribution is -2.43. The van der Waals surface area contributed by atoms with Crippen LogP contribution in [0.4, 0.5) is 0 Å². The molecule has 2 aromatic rings. The number of hydrogen-bond acceptors (Lipinski definition) is 3. The molecule has 5 heteroatoms. The quantitative estimate of drug-likeness (QED) is 0.678. The second-order valence-electron chi connectivity index (χ2n) is 9.97. The number of nitrogens with zero attached hydrogens (tertiary/aromatic N) is 1. The fourth-order valence-electron chi connectivity index (χ4n) is 5.22. The Hall–Kier alpha value is -2.82. The molecule has 3 aliphatic rings. The zero-order chi connectivity index (χ0) is 22.8. The summed E-state index contributed by atoms with van der Waals surface area (Å²) in [6.07, 6.45) is 7.57. The third-order valence-electron chi connectivity index (χ3n) is 7.38. The van der Waals surface area contributed by atoms with Crippen molar-refractivity contribution in [3.05, 3.63) is 64.7 Å². The van der Waals surface area contributed by atoms with Gasteiger partial charge in [0.2, 0.25) is 5.91 Å². The maximum absolute atomic E-state index is 13.5. The molecule has 2 amide bonds. The van der Waals surface area contributed by atoms with Gasteiger partial charge in [0.25, 0.3) is 5.91 Å². The predicted molar refractivity (Wildman–Crippen MR) is 128 cm³/mol. The van der Waals surface area contributed by atoms with Crippen LogP contribution in [0.25, 0.3) is 0 Å². The number of aryl methyl sites for hydroxylation is 1. The number of amides is 2. The average Bonchev–Trinajstić information content (AvgIpc) is 3.51. The monoisotopic (exact) mass is 446 g/mol. The van der Waals surface area contributed by atoms with E-state index >= 15 is 0 Å². The van der Waals surface area contributed by atoms with Crippen LogP contribution in [-0.4, -0.2) is 36.4 Å². The molecule has 0 saturated heterocycles. The summed E-state index contributed by atoms with van der Waals surface area (Å²) in [5.41, 5.74) is 4.71. The van der Waals surface area contributed by atoms with Crippen molar-refractivity contribution in [2.75, 3.05) is 19.7 Å². The minimum atomic E-state index is -0.116. The van der Waals surface area contributed by atoms with E-state index in [2.05, 4.69) is 47.5 Å². The fraction of sp³-hybridized carbons (Fsp3) is 0.500. The van der Waals surface area contributed by atoms with Crippen LogP contribution in [0.3, 0.4) is 0 Å². The van der Waals surface area contributed by atoms with E-state index in [1.165, 1.54) is 24.0 Å². The molecule has 1 N–H and O–H groups in total. The Morgan fingerprint density at radius 1 is 1.03 bits per heavy atom. The van der Waals surface area contributed by atoms with Crippen LogP contribution in [-0.2, 0) is 16.0 Å². The van der Waals surface area contributed by atoms with Crippen molar-refractivity contribution in [2.24, 2.45) is 11.8 Å². The van der Waals surface area contributed by atoms with Gasteiger partial charge in [0.05, 0.1) is 6.04 Å². The van der Waals surface area contributed by atoms with Crippen molar-refractivity contribution in [3.63, 3.8) is 0 Å². The SMILES string of the molecule is Cc1ccc([C@@H]2c3cc(OCC(=O)NCC4CC4)ccc3CCN2C(=O)C2CCCC2)cc1. The summed E-state index contributed by atoms with van der Waals surface area (Å²) in [6.45, 7) is 3.59. The molecule has 1 heterocycles. The molecule has 0 bridgehead atoms. The number of ether oxygens (including phenoxy) is 1. The molecule has 0 spiro atoms. The van der Waals surface area contributed by atoms with Crippen molar-refractivity contribution in [3.8, 4) is 5.75 Å². The molecule has 0 unspecified atom stereocenters. The summed E-state index contributed by atoms with van der Waals surface area (Å²) >= 11 is 0. The van der Waals surface area contributed by atoms with Gasteiger partial charge in [0.1, 0.15) is 5.75 Å². The zero-order valence-corrected chi connectivity index (χ0v) is 19.5. The Bertz CT molecular complexity index is 1010. The average molecular weight is 447 g/mol. The van der Waals surface area contributed by atoms with Gasteiger partial charge in [-0.15, -0.1) is 0 Å². The van der Waals surface area contributed by atoms with Crippen molar-refractivity contribution in [1.82, 2.24) is 10.2 Å². The number of fused-ring (bicyclic) bond motifs is 1. The smallest absolute Gasteiger partial charge is 0.257 e. The Kier molecular flexibility index (Phi) is 6.39. The van der Waals surface area contributed by atoms with Crippen LogP contribution in [0.2, 0.25) is 0 Å². The Morgan fingerprint density at radius 3 is 2.52 bits per heavy atom. The van der Waals surface area contributed by atoms with Crippen LogP contribution in [0.15, 0.2) is 42.5 Å².